The lowest BCUT2D eigenvalue weighted by molar-refractivity contribution is -0.139. The highest BCUT2D eigenvalue weighted by Gasteiger charge is 2.29. The molecule has 16 heavy (non-hydrogen) atoms. The van der Waals surface area contributed by atoms with Crippen LogP contribution in [0.5, 0.6) is 0 Å². The van der Waals surface area contributed by atoms with Gasteiger partial charge in [-0.05, 0) is 24.0 Å². The lowest BCUT2D eigenvalue weighted by Gasteiger charge is -2.12. The molecule has 2 rings (SSSR count). The van der Waals surface area contributed by atoms with Crippen molar-refractivity contribution in [2.24, 2.45) is 0 Å². The second-order valence-corrected chi connectivity index (χ2v) is 4.06. The van der Waals surface area contributed by atoms with Gasteiger partial charge in [-0.1, -0.05) is 36.9 Å². The summed E-state index contributed by atoms with van der Waals surface area (Å²) in [5.41, 5.74) is 2.21. The van der Waals surface area contributed by atoms with E-state index < -0.39 is 12.0 Å². The van der Waals surface area contributed by atoms with E-state index >= 15 is 0 Å². The van der Waals surface area contributed by atoms with Crippen molar-refractivity contribution in [1.82, 2.24) is 5.32 Å². The minimum absolute atomic E-state index is 0.154. The van der Waals surface area contributed by atoms with Crippen LogP contribution >= 0.6 is 0 Å². The maximum atomic E-state index is 10.8. The average molecular weight is 217 g/mol. The second kappa shape index (κ2) is 4.49. The molecule has 1 aromatic rings. The lowest BCUT2D eigenvalue weighted by Crippen LogP contribution is -2.31. The minimum Gasteiger partial charge on any atom is -0.480 e. The van der Waals surface area contributed by atoms with Crippen LogP contribution in [0.25, 0.3) is 6.08 Å². The number of rotatable bonds is 3. The van der Waals surface area contributed by atoms with E-state index in [2.05, 4.69) is 18.0 Å². The fraction of sp³-hybridized carbons (Fsp3) is 0.308. The molecule has 1 heterocycles. The summed E-state index contributed by atoms with van der Waals surface area (Å²) in [6, 6.07) is 7.78. The van der Waals surface area contributed by atoms with Gasteiger partial charge < -0.3 is 5.11 Å². The molecule has 1 aliphatic heterocycles. The topological polar surface area (TPSA) is 49.3 Å². The fourth-order valence-electron chi connectivity index (χ4n) is 2.10. The van der Waals surface area contributed by atoms with E-state index in [1.54, 1.807) is 6.08 Å². The highest BCUT2D eigenvalue weighted by atomic mass is 16.4. The molecule has 1 aliphatic rings. The van der Waals surface area contributed by atoms with E-state index in [1.807, 2.05) is 18.2 Å². The van der Waals surface area contributed by atoms with Crippen LogP contribution in [-0.4, -0.2) is 17.1 Å². The molecule has 3 nitrogen and oxygen atoms in total. The van der Waals surface area contributed by atoms with E-state index in [9.17, 15) is 4.79 Å². The normalized spacial score (nSPS) is 24.2. The van der Waals surface area contributed by atoms with Crippen molar-refractivity contribution in [3.63, 3.8) is 0 Å². The van der Waals surface area contributed by atoms with Crippen LogP contribution in [0.15, 0.2) is 30.8 Å². The van der Waals surface area contributed by atoms with Crippen LogP contribution in [0.3, 0.4) is 0 Å². The van der Waals surface area contributed by atoms with Crippen molar-refractivity contribution >= 4 is 12.0 Å². The summed E-state index contributed by atoms with van der Waals surface area (Å²) >= 11 is 0. The molecule has 0 aromatic heterocycles. The first-order chi connectivity index (χ1) is 7.70. The standard InChI is InChI=1S/C13H15NO2/c1-2-9-4-3-5-10(8-9)11-6-7-12(14-11)13(15)16/h2-5,8,11-12,14H,1,6-7H2,(H,15,16)/t11-,12+/m1/s1. The zero-order valence-corrected chi connectivity index (χ0v) is 9.02. The number of nitrogens with one attached hydrogen (secondary N) is 1. The molecule has 0 aliphatic carbocycles. The van der Waals surface area contributed by atoms with Crippen molar-refractivity contribution in [2.45, 2.75) is 24.9 Å². The Hall–Kier alpha value is -1.61. The minimum atomic E-state index is -0.762. The van der Waals surface area contributed by atoms with Crippen LogP contribution in [0.1, 0.15) is 30.0 Å². The van der Waals surface area contributed by atoms with Crippen LogP contribution in [0.4, 0.5) is 0 Å². The fourth-order valence-corrected chi connectivity index (χ4v) is 2.10. The molecule has 1 fully saturated rings. The van der Waals surface area contributed by atoms with Gasteiger partial charge in [0.2, 0.25) is 0 Å². The molecule has 0 radical (unpaired) electrons. The number of carbonyl (C=O) groups is 1. The summed E-state index contributed by atoms with van der Waals surface area (Å²) in [6.07, 6.45) is 3.36. The Morgan fingerprint density at radius 2 is 2.31 bits per heavy atom. The third kappa shape index (κ3) is 2.14. The van der Waals surface area contributed by atoms with Crippen LogP contribution < -0.4 is 5.32 Å². The molecule has 0 spiro atoms. The van der Waals surface area contributed by atoms with Crippen LogP contribution in [-0.2, 0) is 4.79 Å². The zero-order valence-electron chi connectivity index (χ0n) is 9.02. The highest BCUT2D eigenvalue weighted by Crippen LogP contribution is 2.27. The Labute approximate surface area is 94.8 Å². The van der Waals surface area contributed by atoms with Gasteiger partial charge in [0.25, 0.3) is 0 Å². The van der Waals surface area contributed by atoms with Gasteiger partial charge in [-0.2, -0.15) is 0 Å². The molecule has 0 amide bonds. The maximum absolute atomic E-state index is 10.8. The Bertz CT molecular complexity index is 414. The third-order valence-electron chi connectivity index (χ3n) is 2.99. The smallest absolute Gasteiger partial charge is 0.320 e. The Morgan fingerprint density at radius 1 is 1.50 bits per heavy atom. The van der Waals surface area contributed by atoms with E-state index in [0.717, 1.165) is 17.5 Å². The van der Waals surface area contributed by atoms with Crippen LogP contribution in [0, 0.1) is 0 Å². The summed E-state index contributed by atoms with van der Waals surface area (Å²) in [7, 11) is 0. The number of aliphatic carboxylic acids is 1. The molecule has 1 aromatic carbocycles. The van der Waals surface area contributed by atoms with Crippen molar-refractivity contribution in [2.75, 3.05) is 0 Å². The Kier molecular flexibility index (Phi) is 3.06. The molecular weight excluding hydrogens is 202 g/mol. The molecule has 0 unspecified atom stereocenters. The average Bonchev–Trinajstić information content (AvgIpc) is 2.78. The Morgan fingerprint density at radius 3 is 2.94 bits per heavy atom. The van der Waals surface area contributed by atoms with Crippen molar-refractivity contribution in [3.05, 3.63) is 42.0 Å². The van der Waals surface area contributed by atoms with Gasteiger partial charge in [-0.15, -0.1) is 0 Å². The van der Waals surface area contributed by atoms with Crippen LogP contribution in [0.2, 0.25) is 0 Å². The zero-order chi connectivity index (χ0) is 11.5. The molecule has 1 saturated heterocycles. The molecular formula is C13H15NO2. The van der Waals surface area contributed by atoms with E-state index in [-0.39, 0.29) is 6.04 Å². The number of benzene rings is 1. The second-order valence-electron chi connectivity index (χ2n) is 4.06. The van der Waals surface area contributed by atoms with Crippen molar-refractivity contribution < 1.29 is 9.90 Å². The van der Waals surface area contributed by atoms with E-state index in [4.69, 9.17) is 5.11 Å². The van der Waals surface area contributed by atoms with Gasteiger partial charge in [-0.3, -0.25) is 10.1 Å². The monoisotopic (exact) mass is 217 g/mol. The molecule has 0 saturated carbocycles. The Balaban J connectivity index is 2.13. The number of hydrogen-bond acceptors (Lipinski definition) is 2. The third-order valence-corrected chi connectivity index (χ3v) is 2.99. The van der Waals surface area contributed by atoms with Gasteiger partial charge in [0, 0.05) is 6.04 Å². The van der Waals surface area contributed by atoms with Gasteiger partial charge in [-0.25, -0.2) is 0 Å². The SMILES string of the molecule is C=Cc1cccc([C@H]2CC[C@@H](C(=O)O)N2)c1. The molecule has 3 heteroatoms. The van der Waals surface area contributed by atoms with Gasteiger partial charge >= 0.3 is 5.97 Å². The number of hydrogen-bond donors (Lipinski definition) is 2. The molecule has 2 N–H and O–H groups in total. The first-order valence-electron chi connectivity index (χ1n) is 5.42. The summed E-state index contributed by atoms with van der Waals surface area (Å²) < 4.78 is 0. The van der Waals surface area contributed by atoms with E-state index in [1.165, 1.54) is 0 Å². The lowest BCUT2D eigenvalue weighted by atomic mass is 10.0. The van der Waals surface area contributed by atoms with E-state index in [0.29, 0.717) is 6.42 Å². The first kappa shape index (κ1) is 10.9. The highest BCUT2D eigenvalue weighted by molar-refractivity contribution is 5.74. The number of carboxylic acids is 1. The maximum Gasteiger partial charge on any atom is 0.320 e. The predicted molar refractivity (Wildman–Crippen MR) is 63.1 cm³/mol. The van der Waals surface area contributed by atoms with Gasteiger partial charge in [0.05, 0.1) is 0 Å². The molecule has 0 bridgehead atoms. The van der Waals surface area contributed by atoms with Crippen molar-refractivity contribution in [3.8, 4) is 0 Å². The first-order valence-corrected chi connectivity index (χ1v) is 5.42. The van der Waals surface area contributed by atoms with Gasteiger partial charge in [0.15, 0.2) is 0 Å². The predicted octanol–water partition coefficient (Wildman–Crippen LogP) is 2.21. The van der Waals surface area contributed by atoms with Crippen molar-refractivity contribution in [1.29, 1.82) is 0 Å². The summed E-state index contributed by atoms with van der Waals surface area (Å²) in [5.74, 6) is -0.762. The summed E-state index contributed by atoms with van der Waals surface area (Å²) in [6.45, 7) is 3.73. The quantitative estimate of drug-likeness (QED) is 0.816. The summed E-state index contributed by atoms with van der Waals surface area (Å²) in [5, 5.41) is 12.0. The van der Waals surface area contributed by atoms with Gasteiger partial charge in [0.1, 0.15) is 6.04 Å². The summed E-state index contributed by atoms with van der Waals surface area (Å²) in [4.78, 5) is 10.8. The molecule has 84 valence electrons. The largest absolute Gasteiger partial charge is 0.480 e. The molecule has 2 atom stereocenters. The number of carboxylic acid groups (broad SMARTS) is 1.